The van der Waals surface area contributed by atoms with Crippen LogP contribution in [0.3, 0.4) is 0 Å². The summed E-state index contributed by atoms with van der Waals surface area (Å²) in [5.41, 5.74) is 4.47. The van der Waals surface area contributed by atoms with Crippen molar-refractivity contribution < 1.29 is 9.90 Å². The average Bonchev–Trinajstić information content (AvgIpc) is 3.00. The van der Waals surface area contributed by atoms with Crippen LogP contribution in [0.2, 0.25) is 0 Å². The molecule has 2 heterocycles. The number of benzene rings is 2. The van der Waals surface area contributed by atoms with Crippen molar-refractivity contribution in [3.05, 3.63) is 82.1 Å². The SMILES string of the molecule is Cc1c(-c2ccccc2)nn2c(=O)cc(-c3ccc(C(=O)O)cc3)[nH]c12. The van der Waals surface area contributed by atoms with E-state index in [-0.39, 0.29) is 11.1 Å². The summed E-state index contributed by atoms with van der Waals surface area (Å²) in [6, 6.07) is 17.5. The van der Waals surface area contributed by atoms with E-state index in [4.69, 9.17) is 5.11 Å². The van der Waals surface area contributed by atoms with Gasteiger partial charge in [0.1, 0.15) is 5.65 Å². The van der Waals surface area contributed by atoms with Crippen LogP contribution in [-0.4, -0.2) is 25.7 Å². The van der Waals surface area contributed by atoms with Gasteiger partial charge in [0.05, 0.1) is 17.0 Å². The van der Waals surface area contributed by atoms with Gasteiger partial charge in [-0.3, -0.25) is 4.79 Å². The van der Waals surface area contributed by atoms with Gasteiger partial charge in [0.25, 0.3) is 5.56 Å². The number of nitrogens with zero attached hydrogens (tertiary/aromatic N) is 2. The van der Waals surface area contributed by atoms with Crippen molar-refractivity contribution in [3.8, 4) is 22.5 Å². The number of rotatable bonds is 3. The quantitative estimate of drug-likeness (QED) is 0.596. The van der Waals surface area contributed by atoms with Crippen LogP contribution in [0.15, 0.2) is 65.5 Å². The second kappa shape index (κ2) is 6.00. The van der Waals surface area contributed by atoms with Crippen LogP contribution in [0.1, 0.15) is 15.9 Å². The van der Waals surface area contributed by atoms with Crippen molar-refractivity contribution in [2.45, 2.75) is 6.92 Å². The van der Waals surface area contributed by atoms with Crippen molar-refractivity contribution in [1.29, 1.82) is 0 Å². The number of aromatic nitrogens is 3. The molecular weight excluding hydrogens is 330 g/mol. The number of aromatic carboxylic acids is 1. The van der Waals surface area contributed by atoms with E-state index in [0.29, 0.717) is 11.3 Å². The van der Waals surface area contributed by atoms with Gasteiger partial charge in [0.2, 0.25) is 0 Å². The topological polar surface area (TPSA) is 87.5 Å². The molecule has 6 nitrogen and oxygen atoms in total. The van der Waals surface area contributed by atoms with E-state index < -0.39 is 5.97 Å². The highest BCUT2D eigenvalue weighted by Gasteiger charge is 2.14. The number of nitrogens with one attached hydrogen (secondary N) is 1. The lowest BCUT2D eigenvalue weighted by atomic mass is 10.1. The molecule has 0 aliphatic heterocycles. The van der Waals surface area contributed by atoms with E-state index in [1.54, 1.807) is 12.1 Å². The number of fused-ring (bicyclic) bond motifs is 1. The molecule has 4 rings (SSSR count). The van der Waals surface area contributed by atoms with Crippen LogP contribution in [0.5, 0.6) is 0 Å². The van der Waals surface area contributed by atoms with Gasteiger partial charge in [0, 0.05) is 17.2 Å². The second-order valence-corrected chi connectivity index (χ2v) is 6.00. The predicted octanol–water partition coefficient (Wildman–Crippen LogP) is 3.36. The number of carbonyl (C=O) groups is 1. The summed E-state index contributed by atoms with van der Waals surface area (Å²) in [5.74, 6) is -0.986. The lowest BCUT2D eigenvalue weighted by Gasteiger charge is -2.04. The van der Waals surface area contributed by atoms with E-state index >= 15 is 0 Å². The van der Waals surface area contributed by atoms with E-state index in [2.05, 4.69) is 10.1 Å². The summed E-state index contributed by atoms with van der Waals surface area (Å²) in [6.45, 7) is 1.91. The predicted molar refractivity (Wildman–Crippen MR) is 98.4 cm³/mol. The van der Waals surface area contributed by atoms with Gasteiger partial charge in [-0.05, 0) is 24.6 Å². The largest absolute Gasteiger partial charge is 0.478 e. The minimum Gasteiger partial charge on any atom is -0.478 e. The molecular formula is C20H15N3O3. The highest BCUT2D eigenvalue weighted by Crippen LogP contribution is 2.25. The fourth-order valence-corrected chi connectivity index (χ4v) is 2.97. The normalized spacial score (nSPS) is 11.0. The first-order valence-corrected chi connectivity index (χ1v) is 8.06. The van der Waals surface area contributed by atoms with Gasteiger partial charge in [-0.1, -0.05) is 42.5 Å². The highest BCUT2D eigenvalue weighted by molar-refractivity contribution is 5.88. The third kappa shape index (κ3) is 2.57. The van der Waals surface area contributed by atoms with Crippen LogP contribution < -0.4 is 5.56 Å². The Balaban J connectivity index is 1.87. The van der Waals surface area contributed by atoms with Gasteiger partial charge in [-0.2, -0.15) is 9.61 Å². The van der Waals surface area contributed by atoms with Gasteiger partial charge < -0.3 is 10.1 Å². The zero-order chi connectivity index (χ0) is 18.3. The Labute approximate surface area is 148 Å². The Hall–Kier alpha value is -3.67. The third-order valence-electron chi connectivity index (χ3n) is 4.34. The molecule has 0 atom stereocenters. The zero-order valence-electron chi connectivity index (χ0n) is 13.9. The van der Waals surface area contributed by atoms with Gasteiger partial charge in [0.15, 0.2) is 0 Å². The maximum absolute atomic E-state index is 12.5. The Morgan fingerprint density at radius 2 is 1.73 bits per heavy atom. The van der Waals surface area contributed by atoms with E-state index in [9.17, 15) is 9.59 Å². The van der Waals surface area contributed by atoms with E-state index in [1.807, 2.05) is 37.3 Å². The summed E-state index contributed by atoms with van der Waals surface area (Å²) >= 11 is 0. The van der Waals surface area contributed by atoms with Crippen molar-refractivity contribution in [2.75, 3.05) is 0 Å². The highest BCUT2D eigenvalue weighted by atomic mass is 16.4. The number of aromatic amines is 1. The Bertz CT molecular complexity index is 1170. The van der Waals surface area contributed by atoms with Crippen molar-refractivity contribution in [2.24, 2.45) is 0 Å². The summed E-state index contributed by atoms with van der Waals surface area (Å²) < 4.78 is 1.35. The number of aryl methyl sites for hydroxylation is 1. The minimum absolute atomic E-state index is 0.198. The second-order valence-electron chi connectivity index (χ2n) is 6.00. The van der Waals surface area contributed by atoms with Gasteiger partial charge in [-0.25, -0.2) is 4.79 Å². The Morgan fingerprint density at radius 1 is 1.04 bits per heavy atom. The monoisotopic (exact) mass is 345 g/mol. The van der Waals surface area contributed by atoms with Gasteiger partial charge >= 0.3 is 5.97 Å². The zero-order valence-corrected chi connectivity index (χ0v) is 13.9. The number of carboxylic acid groups (broad SMARTS) is 1. The number of hydrogen-bond donors (Lipinski definition) is 2. The van der Waals surface area contributed by atoms with Crippen LogP contribution in [-0.2, 0) is 0 Å². The minimum atomic E-state index is -0.986. The first-order valence-electron chi connectivity index (χ1n) is 8.06. The summed E-state index contributed by atoms with van der Waals surface area (Å²) in [5, 5.41) is 13.5. The number of hydrogen-bond acceptors (Lipinski definition) is 3. The van der Waals surface area contributed by atoms with Crippen LogP contribution in [0, 0.1) is 6.92 Å². The molecule has 0 spiro atoms. The molecule has 0 radical (unpaired) electrons. The summed E-state index contributed by atoms with van der Waals surface area (Å²) in [6.07, 6.45) is 0. The fourth-order valence-electron chi connectivity index (χ4n) is 2.97. The molecule has 4 aromatic rings. The maximum atomic E-state index is 12.5. The van der Waals surface area contributed by atoms with Crippen molar-refractivity contribution >= 4 is 11.6 Å². The Kier molecular flexibility index (Phi) is 3.65. The molecule has 0 aliphatic rings. The molecule has 26 heavy (non-hydrogen) atoms. The van der Waals surface area contributed by atoms with E-state index in [1.165, 1.54) is 22.7 Å². The molecule has 0 fully saturated rings. The number of carboxylic acids is 1. The molecule has 6 heteroatoms. The first kappa shape index (κ1) is 15.8. The Morgan fingerprint density at radius 3 is 2.38 bits per heavy atom. The first-order chi connectivity index (χ1) is 12.5. The summed E-state index contributed by atoms with van der Waals surface area (Å²) in [4.78, 5) is 26.8. The summed E-state index contributed by atoms with van der Waals surface area (Å²) in [7, 11) is 0. The molecule has 2 aromatic heterocycles. The molecule has 0 bridgehead atoms. The molecule has 0 saturated heterocycles. The molecule has 128 valence electrons. The molecule has 2 N–H and O–H groups in total. The molecule has 0 saturated carbocycles. The smallest absolute Gasteiger partial charge is 0.335 e. The lowest BCUT2D eigenvalue weighted by Crippen LogP contribution is -2.14. The maximum Gasteiger partial charge on any atom is 0.335 e. The van der Waals surface area contributed by atoms with Gasteiger partial charge in [-0.15, -0.1) is 0 Å². The van der Waals surface area contributed by atoms with Crippen LogP contribution >= 0.6 is 0 Å². The molecule has 0 unspecified atom stereocenters. The van der Waals surface area contributed by atoms with Crippen LogP contribution in [0.25, 0.3) is 28.2 Å². The average molecular weight is 345 g/mol. The standard InChI is InChI=1S/C20H15N3O3/c1-12-18(14-5-3-2-4-6-14)22-23-17(24)11-16(21-19(12)23)13-7-9-15(10-8-13)20(25)26/h2-11,21H,1H3,(H,25,26). The van der Waals surface area contributed by atoms with Crippen molar-refractivity contribution in [3.63, 3.8) is 0 Å². The third-order valence-corrected chi connectivity index (χ3v) is 4.34. The van der Waals surface area contributed by atoms with E-state index in [0.717, 1.165) is 22.4 Å². The molecule has 2 aromatic carbocycles. The number of H-pyrrole nitrogens is 1. The molecule has 0 aliphatic carbocycles. The molecule has 0 amide bonds. The van der Waals surface area contributed by atoms with Crippen molar-refractivity contribution in [1.82, 2.24) is 14.6 Å². The lowest BCUT2D eigenvalue weighted by molar-refractivity contribution is 0.0697. The van der Waals surface area contributed by atoms with Crippen LogP contribution in [0.4, 0.5) is 0 Å². The fraction of sp³-hybridized carbons (Fsp3) is 0.0500.